The van der Waals surface area contributed by atoms with Crippen LogP contribution in [0.3, 0.4) is 0 Å². The lowest BCUT2D eigenvalue weighted by molar-refractivity contribution is 0.0685. The molecule has 0 saturated heterocycles. The van der Waals surface area contributed by atoms with Crippen molar-refractivity contribution >= 4 is 24.5 Å². The van der Waals surface area contributed by atoms with Gasteiger partial charge in [0.15, 0.2) is 5.84 Å². The molecule has 0 atom stereocenters. The van der Waals surface area contributed by atoms with E-state index in [4.69, 9.17) is 5.11 Å². The lowest BCUT2D eigenvalue weighted by Crippen LogP contribution is -2.07. The van der Waals surface area contributed by atoms with Crippen LogP contribution in [0.25, 0.3) is 11.4 Å². The van der Waals surface area contributed by atoms with E-state index in [-0.39, 0.29) is 34.0 Å². The minimum absolute atomic E-state index is 0.00547. The summed E-state index contributed by atoms with van der Waals surface area (Å²) in [5.74, 6) is -2.23. The number of aromatic nitrogens is 2. The van der Waals surface area contributed by atoms with Crippen LogP contribution in [0.1, 0.15) is 26.4 Å². The van der Waals surface area contributed by atoms with Gasteiger partial charge in [-0.1, -0.05) is 6.58 Å². The third-order valence-electron chi connectivity index (χ3n) is 2.93. The molecule has 0 aliphatic carbocycles. The van der Waals surface area contributed by atoms with Gasteiger partial charge in [0.05, 0.1) is 22.5 Å². The highest BCUT2D eigenvalue weighted by molar-refractivity contribution is 6.02. The molecule has 0 aliphatic heterocycles. The minimum Gasteiger partial charge on any atom is -0.478 e. The van der Waals surface area contributed by atoms with Crippen molar-refractivity contribution in [1.82, 2.24) is 9.97 Å². The molecule has 8 nitrogen and oxygen atoms in total. The smallest absolute Gasteiger partial charge is 0.335 e. The molecule has 8 heteroatoms. The number of hydrogen-bond donors (Lipinski definition) is 2. The van der Waals surface area contributed by atoms with Crippen LogP contribution in [0.15, 0.2) is 53.2 Å². The van der Waals surface area contributed by atoms with E-state index in [2.05, 4.69) is 33.2 Å². The first-order valence-electron chi connectivity index (χ1n) is 6.57. The molecule has 0 radical (unpaired) electrons. The van der Waals surface area contributed by atoms with Crippen LogP contribution in [0, 0.1) is 0 Å². The zero-order valence-corrected chi connectivity index (χ0v) is 12.4. The van der Waals surface area contributed by atoms with Crippen molar-refractivity contribution < 1.29 is 19.8 Å². The number of aliphatic imine (C=N–C) groups is 2. The maximum atomic E-state index is 11.3. The van der Waals surface area contributed by atoms with Gasteiger partial charge in [0.2, 0.25) is 0 Å². The van der Waals surface area contributed by atoms with Gasteiger partial charge in [-0.05, 0) is 31.0 Å². The molecule has 0 aliphatic rings. The fourth-order valence-electron chi connectivity index (χ4n) is 1.88. The van der Waals surface area contributed by atoms with Crippen molar-refractivity contribution in [2.24, 2.45) is 9.98 Å². The summed E-state index contributed by atoms with van der Waals surface area (Å²) in [5.41, 5.74) is 0.473. The second-order valence-corrected chi connectivity index (χ2v) is 4.46. The Balaban J connectivity index is 2.68. The van der Waals surface area contributed by atoms with Gasteiger partial charge in [0.1, 0.15) is 5.69 Å². The van der Waals surface area contributed by atoms with Crippen LogP contribution >= 0.6 is 0 Å². The Kier molecular flexibility index (Phi) is 4.90. The first-order valence-corrected chi connectivity index (χ1v) is 6.57. The Labute approximate surface area is 136 Å². The highest BCUT2D eigenvalue weighted by atomic mass is 16.4. The summed E-state index contributed by atoms with van der Waals surface area (Å²) >= 11 is 0. The molecule has 0 unspecified atom stereocenters. The maximum Gasteiger partial charge on any atom is 0.335 e. The van der Waals surface area contributed by atoms with Crippen molar-refractivity contribution in [1.29, 1.82) is 0 Å². The van der Waals surface area contributed by atoms with E-state index < -0.39 is 11.9 Å². The number of rotatable bonds is 5. The Bertz CT molecular complexity index is 874. The number of nitrogens with zero attached hydrogens (tertiary/aromatic N) is 4. The van der Waals surface area contributed by atoms with E-state index in [9.17, 15) is 14.7 Å². The first kappa shape index (κ1) is 16.7. The molecular weight excluding hydrogens is 312 g/mol. The number of carboxylic acid groups (broad SMARTS) is 2. The Morgan fingerprint density at radius 1 is 1.08 bits per heavy atom. The third-order valence-corrected chi connectivity index (χ3v) is 2.93. The molecule has 2 heterocycles. The average molecular weight is 324 g/mol. The van der Waals surface area contributed by atoms with Crippen molar-refractivity contribution in [3.8, 4) is 11.4 Å². The molecule has 0 bridgehead atoms. The Morgan fingerprint density at radius 3 is 2.33 bits per heavy atom. The van der Waals surface area contributed by atoms with E-state index >= 15 is 0 Å². The van der Waals surface area contributed by atoms with Crippen molar-refractivity contribution in [2.75, 3.05) is 0 Å². The van der Waals surface area contributed by atoms with Gasteiger partial charge in [0, 0.05) is 12.4 Å². The molecule has 0 fully saturated rings. The second-order valence-electron chi connectivity index (χ2n) is 4.46. The third kappa shape index (κ3) is 3.55. The zero-order valence-electron chi connectivity index (χ0n) is 12.4. The zero-order chi connectivity index (χ0) is 17.7. The summed E-state index contributed by atoms with van der Waals surface area (Å²) in [5, 5.41) is 18.3. The molecule has 0 aromatic carbocycles. The fourth-order valence-corrected chi connectivity index (χ4v) is 1.88. The van der Waals surface area contributed by atoms with Crippen molar-refractivity contribution in [3.05, 3.63) is 60.1 Å². The monoisotopic (exact) mass is 324 g/mol. The van der Waals surface area contributed by atoms with E-state index in [1.165, 1.54) is 36.7 Å². The van der Waals surface area contributed by atoms with Crippen molar-refractivity contribution in [2.45, 2.75) is 0 Å². The van der Waals surface area contributed by atoms with Gasteiger partial charge in [-0.3, -0.25) is 4.98 Å². The van der Waals surface area contributed by atoms with Crippen LogP contribution in [-0.4, -0.2) is 44.7 Å². The number of hydrogen-bond acceptors (Lipinski definition) is 5. The number of carboxylic acids is 2. The molecule has 24 heavy (non-hydrogen) atoms. The molecule has 2 aromatic rings. The maximum absolute atomic E-state index is 11.3. The highest BCUT2D eigenvalue weighted by Gasteiger charge is 2.14. The fraction of sp³-hybridized carbons (Fsp3) is 0. The molecule has 2 N–H and O–H groups in total. The first-order chi connectivity index (χ1) is 11.5. The van der Waals surface area contributed by atoms with Crippen molar-refractivity contribution in [3.63, 3.8) is 0 Å². The van der Waals surface area contributed by atoms with Crippen LogP contribution in [-0.2, 0) is 0 Å². The standard InChI is InChI=1S/C16H12N4O4/c1-3-18-14(17-2)13-8-10(16(23)24)7-12(20-13)11-6-9(15(21)22)4-5-19-11/h3-8H,1-2H2,(H,21,22)(H,23,24). The number of carbonyl (C=O) groups is 2. The van der Waals surface area contributed by atoms with Gasteiger partial charge in [-0.15, -0.1) is 0 Å². The van der Waals surface area contributed by atoms with E-state index in [0.717, 1.165) is 0 Å². The van der Waals surface area contributed by atoms with Crippen LogP contribution < -0.4 is 0 Å². The summed E-state index contributed by atoms with van der Waals surface area (Å²) < 4.78 is 0. The molecule has 0 spiro atoms. The van der Waals surface area contributed by atoms with Gasteiger partial charge in [-0.25, -0.2) is 24.6 Å². The quantitative estimate of drug-likeness (QED) is 0.641. The van der Waals surface area contributed by atoms with E-state index in [0.29, 0.717) is 0 Å². The predicted octanol–water partition coefficient (Wildman–Crippen LogP) is 2.13. The molecule has 2 aromatic heterocycles. The topological polar surface area (TPSA) is 125 Å². The molecule has 0 amide bonds. The number of amidine groups is 1. The summed E-state index contributed by atoms with van der Waals surface area (Å²) in [6.07, 6.45) is 2.53. The molecular formula is C16H12N4O4. The van der Waals surface area contributed by atoms with Gasteiger partial charge >= 0.3 is 11.9 Å². The summed E-state index contributed by atoms with van der Waals surface area (Å²) in [6, 6.07) is 5.19. The largest absolute Gasteiger partial charge is 0.478 e. The lowest BCUT2D eigenvalue weighted by Gasteiger charge is -2.07. The summed E-state index contributed by atoms with van der Waals surface area (Å²) in [4.78, 5) is 38.3. The van der Waals surface area contributed by atoms with E-state index in [1.807, 2.05) is 0 Å². The lowest BCUT2D eigenvalue weighted by atomic mass is 10.1. The average Bonchev–Trinajstić information content (AvgIpc) is 2.59. The SMILES string of the molecule is C=CN=C(N=C)c1cc(C(=O)O)cc(-c2cc(C(=O)O)ccn2)n1. The van der Waals surface area contributed by atoms with Crippen LogP contribution in [0.5, 0.6) is 0 Å². The molecule has 2 rings (SSSR count). The Morgan fingerprint density at radius 2 is 1.75 bits per heavy atom. The van der Waals surface area contributed by atoms with Gasteiger partial charge < -0.3 is 10.2 Å². The van der Waals surface area contributed by atoms with Crippen LogP contribution in [0.4, 0.5) is 0 Å². The number of aromatic carboxylic acids is 2. The second kappa shape index (κ2) is 7.05. The normalized spacial score (nSPS) is 10.9. The van der Waals surface area contributed by atoms with Gasteiger partial charge in [0.25, 0.3) is 0 Å². The molecule has 120 valence electrons. The van der Waals surface area contributed by atoms with Crippen LogP contribution in [0.2, 0.25) is 0 Å². The Hall–Kier alpha value is -3.68. The minimum atomic E-state index is -1.18. The van der Waals surface area contributed by atoms with Gasteiger partial charge in [-0.2, -0.15) is 0 Å². The summed E-state index contributed by atoms with van der Waals surface area (Å²) in [6.45, 7) is 6.81. The number of pyridine rings is 2. The molecule has 0 saturated carbocycles. The predicted molar refractivity (Wildman–Crippen MR) is 87.7 cm³/mol. The van der Waals surface area contributed by atoms with E-state index in [1.54, 1.807) is 0 Å². The highest BCUT2D eigenvalue weighted by Crippen LogP contribution is 2.19. The summed E-state index contributed by atoms with van der Waals surface area (Å²) in [7, 11) is 0.